The molecular formula is C32H35F2N9O5. The van der Waals surface area contributed by atoms with Crippen molar-refractivity contribution in [3.8, 4) is 17.4 Å². The molecule has 1 N–H and O–H groups in total. The number of methoxy groups -OCH3 is 2. The molecule has 3 fully saturated rings. The molecule has 0 atom stereocenters. The Balaban J connectivity index is 1.11. The van der Waals surface area contributed by atoms with Crippen molar-refractivity contribution < 1.29 is 32.6 Å². The summed E-state index contributed by atoms with van der Waals surface area (Å²) in [5.74, 6) is 0.634. The molecule has 16 heteroatoms. The predicted molar refractivity (Wildman–Crippen MR) is 171 cm³/mol. The van der Waals surface area contributed by atoms with Crippen LogP contribution in [0.5, 0.6) is 11.5 Å². The second-order valence-electron chi connectivity index (χ2n) is 11.8. The van der Waals surface area contributed by atoms with E-state index in [0.29, 0.717) is 105 Å². The molecule has 0 bridgehead atoms. The zero-order valence-electron chi connectivity index (χ0n) is 26.6. The number of carbonyl (C=O) groups excluding carboxylic acids is 2. The quantitative estimate of drug-likeness (QED) is 0.264. The number of nitrogens with one attached hydrogen (secondary N) is 1. The maximum Gasteiger partial charge on any atom is 0.296 e. The van der Waals surface area contributed by atoms with Crippen LogP contribution in [0.2, 0.25) is 0 Å². The lowest BCUT2D eigenvalue weighted by Gasteiger charge is -2.36. The third kappa shape index (κ3) is 5.80. The first-order valence-electron chi connectivity index (χ1n) is 15.7. The Bertz CT molecular complexity index is 1840. The molecule has 0 unspecified atom stereocenters. The van der Waals surface area contributed by atoms with E-state index in [1.165, 1.54) is 18.8 Å². The van der Waals surface area contributed by atoms with Crippen LogP contribution in [0, 0.1) is 5.41 Å². The van der Waals surface area contributed by atoms with Gasteiger partial charge in [0.2, 0.25) is 29.7 Å². The number of morpholine rings is 1. The first-order valence-corrected chi connectivity index (χ1v) is 15.7. The van der Waals surface area contributed by atoms with E-state index in [4.69, 9.17) is 19.2 Å². The molecule has 2 aromatic heterocycles. The number of halogens is 2. The Hall–Kier alpha value is -5.12. The third-order valence-corrected chi connectivity index (χ3v) is 8.96. The van der Waals surface area contributed by atoms with Gasteiger partial charge in [0, 0.05) is 51.0 Å². The summed E-state index contributed by atoms with van der Waals surface area (Å²) in [4.78, 5) is 50.9. The first-order chi connectivity index (χ1) is 23.3. The largest absolute Gasteiger partial charge is 0.493 e. The van der Waals surface area contributed by atoms with E-state index in [0.717, 1.165) is 0 Å². The van der Waals surface area contributed by atoms with Crippen LogP contribution in [0.3, 0.4) is 0 Å². The minimum atomic E-state index is -2.86. The highest BCUT2D eigenvalue weighted by atomic mass is 19.3. The zero-order chi connectivity index (χ0) is 33.4. The number of aromatic nitrogens is 5. The summed E-state index contributed by atoms with van der Waals surface area (Å²) in [7, 11) is 3.04. The summed E-state index contributed by atoms with van der Waals surface area (Å²) >= 11 is 0. The molecule has 252 valence electrons. The molecule has 2 saturated heterocycles. The molecule has 0 spiro atoms. The number of nitrogens with zero attached hydrogens (tertiary/aromatic N) is 8. The first kappa shape index (κ1) is 31.5. The van der Waals surface area contributed by atoms with Crippen molar-refractivity contribution in [2.75, 3.05) is 81.8 Å². The van der Waals surface area contributed by atoms with Gasteiger partial charge >= 0.3 is 0 Å². The molecule has 48 heavy (non-hydrogen) atoms. The number of ether oxygens (including phenoxy) is 3. The van der Waals surface area contributed by atoms with Gasteiger partial charge in [0.25, 0.3) is 6.43 Å². The maximum atomic E-state index is 14.3. The summed E-state index contributed by atoms with van der Waals surface area (Å²) < 4.78 is 45.9. The molecule has 2 aliphatic heterocycles. The van der Waals surface area contributed by atoms with Gasteiger partial charge in [-0.05, 0) is 37.1 Å². The van der Waals surface area contributed by atoms with Gasteiger partial charge in [-0.3, -0.25) is 14.2 Å². The van der Waals surface area contributed by atoms with Crippen molar-refractivity contribution >= 4 is 40.4 Å². The number of benzene rings is 2. The van der Waals surface area contributed by atoms with Gasteiger partial charge in [-0.2, -0.15) is 15.0 Å². The fraction of sp³-hybridized carbons (Fsp3) is 0.438. The molecule has 2 amide bonds. The fourth-order valence-electron chi connectivity index (χ4n) is 6.13. The minimum Gasteiger partial charge on any atom is -0.493 e. The van der Waals surface area contributed by atoms with Gasteiger partial charge < -0.3 is 34.2 Å². The molecule has 0 radical (unpaired) electrons. The second-order valence-corrected chi connectivity index (χ2v) is 11.8. The van der Waals surface area contributed by atoms with Crippen LogP contribution in [-0.2, 0) is 14.3 Å². The van der Waals surface area contributed by atoms with Crippen molar-refractivity contribution in [2.24, 2.45) is 5.41 Å². The summed E-state index contributed by atoms with van der Waals surface area (Å²) in [5.41, 5.74) is 0.227. The van der Waals surface area contributed by atoms with Crippen LogP contribution in [-0.4, -0.2) is 108 Å². The number of alkyl halides is 2. The minimum absolute atomic E-state index is 0.0350. The third-order valence-electron chi connectivity index (χ3n) is 8.96. The highest BCUT2D eigenvalue weighted by Gasteiger charge is 2.58. The van der Waals surface area contributed by atoms with Crippen LogP contribution in [0.4, 0.5) is 26.4 Å². The number of rotatable bonds is 9. The number of hydrogen-bond donors (Lipinski definition) is 1. The Morgan fingerprint density at radius 3 is 2.12 bits per heavy atom. The average molecular weight is 664 g/mol. The normalized spacial score (nSPS) is 17.5. The Morgan fingerprint density at radius 1 is 0.833 bits per heavy atom. The Labute approximate surface area is 274 Å². The standard InChI is InChI=1S/C32H35F2N9O5/c1-46-23-8-7-20(19-24(23)47-2)35-27(44)32(9-10-32)28(45)40-11-13-41(14-12-40)29-37-30(42-15-17-48-18-16-42)39-31(38-29)43-22-6-4-3-5-21(22)36-26(43)25(33)34/h3-8,19,25H,9-18H2,1-2H3,(H,35,44). The summed E-state index contributed by atoms with van der Waals surface area (Å²) in [6.45, 7) is 3.43. The SMILES string of the molecule is COc1ccc(NC(=O)C2(C(=O)N3CCN(c4nc(N5CCOCC5)nc(-n5c(C(F)F)nc6ccccc65)n4)CC3)CC2)cc1OC. The van der Waals surface area contributed by atoms with Crippen LogP contribution in [0.1, 0.15) is 25.1 Å². The monoisotopic (exact) mass is 663 g/mol. The second kappa shape index (κ2) is 12.8. The maximum absolute atomic E-state index is 14.3. The van der Waals surface area contributed by atoms with Crippen molar-refractivity contribution in [2.45, 2.75) is 19.3 Å². The van der Waals surface area contributed by atoms with E-state index in [-0.39, 0.29) is 17.8 Å². The zero-order valence-corrected chi connectivity index (χ0v) is 26.6. The predicted octanol–water partition coefficient (Wildman–Crippen LogP) is 3.07. The number of anilines is 3. The molecule has 4 aromatic rings. The van der Waals surface area contributed by atoms with Crippen molar-refractivity contribution in [3.05, 3.63) is 48.3 Å². The average Bonchev–Trinajstić information content (AvgIpc) is 3.85. The Morgan fingerprint density at radius 2 is 1.48 bits per heavy atom. The highest BCUT2D eigenvalue weighted by molar-refractivity contribution is 6.13. The van der Waals surface area contributed by atoms with E-state index in [1.807, 2.05) is 9.80 Å². The molecule has 4 heterocycles. The lowest BCUT2D eigenvalue weighted by molar-refractivity contribution is -0.142. The van der Waals surface area contributed by atoms with Crippen LogP contribution >= 0.6 is 0 Å². The van der Waals surface area contributed by atoms with Gasteiger partial charge in [-0.15, -0.1) is 0 Å². The number of imidazole rings is 1. The number of fused-ring (bicyclic) bond motifs is 1. The van der Waals surface area contributed by atoms with Crippen molar-refractivity contribution in [1.29, 1.82) is 0 Å². The molecule has 2 aromatic carbocycles. The number of amides is 2. The van der Waals surface area contributed by atoms with Crippen LogP contribution < -0.4 is 24.6 Å². The van der Waals surface area contributed by atoms with Gasteiger partial charge in [0.05, 0.1) is 38.5 Å². The summed E-state index contributed by atoms with van der Waals surface area (Å²) in [5, 5.41) is 2.87. The van der Waals surface area contributed by atoms with E-state index in [9.17, 15) is 18.4 Å². The lowest BCUT2D eigenvalue weighted by atomic mass is 10.0. The number of para-hydroxylation sites is 2. The number of hydrogen-bond acceptors (Lipinski definition) is 11. The van der Waals surface area contributed by atoms with Gasteiger partial charge in [0.15, 0.2) is 17.3 Å². The summed E-state index contributed by atoms with van der Waals surface area (Å²) in [6.07, 6.45) is -1.95. The molecule has 14 nitrogen and oxygen atoms in total. The fourth-order valence-corrected chi connectivity index (χ4v) is 6.13. The van der Waals surface area contributed by atoms with Crippen molar-refractivity contribution in [3.63, 3.8) is 0 Å². The van der Waals surface area contributed by atoms with E-state index in [2.05, 4.69) is 20.3 Å². The lowest BCUT2D eigenvalue weighted by Crippen LogP contribution is -2.53. The van der Waals surface area contributed by atoms with Crippen molar-refractivity contribution in [1.82, 2.24) is 29.4 Å². The van der Waals surface area contributed by atoms with Gasteiger partial charge in [0.1, 0.15) is 5.41 Å². The van der Waals surface area contributed by atoms with E-state index >= 15 is 0 Å². The Kier molecular flexibility index (Phi) is 8.41. The van der Waals surface area contributed by atoms with Crippen LogP contribution in [0.25, 0.3) is 17.0 Å². The van der Waals surface area contributed by atoms with Gasteiger partial charge in [-0.25, -0.2) is 13.8 Å². The molecular weight excluding hydrogens is 628 g/mol. The molecule has 3 aliphatic rings. The topological polar surface area (TPSA) is 140 Å². The number of piperazine rings is 1. The number of carbonyl (C=O) groups is 2. The smallest absolute Gasteiger partial charge is 0.296 e. The van der Waals surface area contributed by atoms with E-state index in [1.54, 1.807) is 47.4 Å². The summed E-state index contributed by atoms with van der Waals surface area (Å²) in [6, 6.07) is 11.9. The highest BCUT2D eigenvalue weighted by Crippen LogP contribution is 2.48. The van der Waals surface area contributed by atoms with E-state index < -0.39 is 17.7 Å². The van der Waals surface area contributed by atoms with Crippen LogP contribution in [0.15, 0.2) is 42.5 Å². The molecule has 1 aliphatic carbocycles. The molecule has 1 saturated carbocycles. The molecule has 7 rings (SSSR count). The van der Waals surface area contributed by atoms with Gasteiger partial charge in [-0.1, -0.05) is 12.1 Å².